The van der Waals surface area contributed by atoms with Crippen molar-refractivity contribution in [2.75, 3.05) is 0 Å². The number of halogens is 1. The van der Waals surface area contributed by atoms with Crippen molar-refractivity contribution in [1.29, 1.82) is 0 Å². The summed E-state index contributed by atoms with van der Waals surface area (Å²) in [5.74, 6) is 0. The van der Waals surface area contributed by atoms with E-state index >= 15 is 0 Å². The third kappa shape index (κ3) is 4.25. The Morgan fingerprint density at radius 1 is 2.00 bits per heavy atom. The van der Waals surface area contributed by atoms with Gasteiger partial charge in [0.1, 0.15) is 0 Å². The fourth-order valence-corrected chi connectivity index (χ4v) is 0. The van der Waals surface area contributed by atoms with E-state index in [-0.39, 0.29) is 8.83 Å². The van der Waals surface area contributed by atoms with Crippen LogP contribution in [0, 0.1) is 0 Å². The van der Waals surface area contributed by atoms with Gasteiger partial charge in [0.25, 0.3) is 0 Å². The van der Waals surface area contributed by atoms with Gasteiger partial charge in [0.2, 0.25) is 0 Å². The quantitative estimate of drug-likeness (QED) is 0.343. The van der Waals surface area contributed by atoms with Crippen LogP contribution in [0.25, 0.3) is 0 Å². The van der Waals surface area contributed by atoms with Crippen LogP contribution in [-0.2, 0) is 0 Å². The zero-order chi connectivity index (χ0) is 4.28. The molecule has 0 unspecified atom stereocenters. The van der Waals surface area contributed by atoms with Crippen molar-refractivity contribution in [2.24, 2.45) is 0 Å². The van der Waals surface area contributed by atoms with Crippen LogP contribution in [0.1, 0.15) is 6.92 Å². The van der Waals surface area contributed by atoms with Crippen LogP contribution in [-0.4, -0.2) is 8.83 Å². The van der Waals surface area contributed by atoms with Gasteiger partial charge in [-0.3, -0.25) is 0 Å². The highest BCUT2D eigenvalue weighted by Gasteiger charge is 1.72. The minimum atomic E-state index is -0.373. The van der Waals surface area contributed by atoms with Gasteiger partial charge in [-0.25, -0.2) is 0 Å². The highest BCUT2D eigenvalue weighted by molar-refractivity contribution is 6.97. The minimum absolute atomic E-state index is 0.373. The van der Waals surface area contributed by atoms with E-state index in [4.69, 9.17) is 11.1 Å². The van der Waals surface area contributed by atoms with Crippen LogP contribution in [0.4, 0.5) is 0 Å². The molecule has 30 valence electrons. The molecule has 0 fully saturated rings. The Morgan fingerprint density at radius 3 is 2.20 bits per heavy atom. The summed E-state index contributed by atoms with van der Waals surface area (Å²) in [6, 6.07) is 0. The van der Waals surface area contributed by atoms with Crippen LogP contribution in [0.15, 0.2) is 11.8 Å². The summed E-state index contributed by atoms with van der Waals surface area (Å²) < 4.78 is 0. The average Bonchev–Trinajstić information content (AvgIpc) is 1.38. The summed E-state index contributed by atoms with van der Waals surface area (Å²) >= 11 is 5.38. The van der Waals surface area contributed by atoms with Crippen molar-refractivity contribution < 1.29 is 0 Å². The zero-order valence-corrected chi connectivity index (χ0v) is 5.46. The van der Waals surface area contributed by atoms with E-state index < -0.39 is 0 Å². The molecule has 0 spiro atoms. The van der Waals surface area contributed by atoms with Gasteiger partial charge in [0, 0.05) is 0 Å². The van der Waals surface area contributed by atoms with Crippen LogP contribution in [0.2, 0.25) is 0 Å². The number of rotatable bonds is 1. The SMILES string of the molecule is C=C(C)[SiH2]Cl. The van der Waals surface area contributed by atoms with Gasteiger partial charge in [-0.2, -0.15) is 11.1 Å². The molecule has 0 amide bonds. The summed E-state index contributed by atoms with van der Waals surface area (Å²) in [5, 5.41) is 1.16. The van der Waals surface area contributed by atoms with Gasteiger partial charge in [-0.15, -0.1) is 6.58 Å². The van der Waals surface area contributed by atoms with Gasteiger partial charge >= 0.3 is 0 Å². The molecular formula is C3H7ClSi. The fraction of sp³-hybridized carbons (Fsp3) is 0.333. The lowest BCUT2D eigenvalue weighted by Crippen LogP contribution is -1.72. The third-order valence-electron chi connectivity index (χ3n) is 0.228. The molecule has 0 aliphatic heterocycles. The molecule has 0 atom stereocenters. The lowest BCUT2D eigenvalue weighted by atomic mass is 10.8. The molecule has 0 aromatic carbocycles. The van der Waals surface area contributed by atoms with E-state index in [9.17, 15) is 0 Å². The molecule has 0 N–H and O–H groups in total. The van der Waals surface area contributed by atoms with E-state index in [0.717, 1.165) is 5.20 Å². The normalized spacial score (nSPS) is 10.0. The van der Waals surface area contributed by atoms with Crippen LogP contribution in [0.3, 0.4) is 0 Å². The van der Waals surface area contributed by atoms with Crippen molar-refractivity contribution in [3.8, 4) is 0 Å². The highest BCUT2D eigenvalue weighted by atomic mass is 35.6. The molecule has 0 saturated carbocycles. The Hall–Kier alpha value is 0.247. The number of hydrogen-bond donors (Lipinski definition) is 0. The molecule has 0 saturated heterocycles. The first-order chi connectivity index (χ1) is 2.27. The fourth-order valence-electron chi connectivity index (χ4n) is 0. The molecule has 0 aromatic heterocycles. The molecule has 0 aliphatic carbocycles. The number of hydrogen-bond acceptors (Lipinski definition) is 0. The predicted octanol–water partition coefficient (Wildman–Crippen LogP) is 0.843. The average molecular weight is 107 g/mol. The van der Waals surface area contributed by atoms with Crippen molar-refractivity contribution in [2.45, 2.75) is 6.92 Å². The van der Waals surface area contributed by atoms with Gasteiger partial charge < -0.3 is 0 Å². The Labute approximate surface area is 39.4 Å². The summed E-state index contributed by atoms with van der Waals surface area (Å²) in [6.07, 6.45) is 0. The first-order valence-corrected chi connectivity index (χ1v) is 4.32. The predicted molar refractivity (Wildman–Crippen MR) is 29.2 cm³/mol. The van der Waals surface area contributed by atoms with Crippen molar-refractivity contribution in [3.05, 3.63) is 11.8 Å². The third-order valence-corrected chi connectivity index (χ3v) is 2.05. The standard InChI is InChI=1S/C3H7ClSi/c1-3(2)5-4/h1,5H2,2H3. The summed E-state index contributed by atoms with van der Waals surface area (Å²) in [7, 11) is -0.373. The van der Waals surface area contributed by atoms with E-state index in [0.29, 0.717) is 0 Å². The monoisotopic (exact) mass is 106 g/mol. The molecule has 0 rings (SSSR count). The lowest BCUT2D eigenvalue weighted by molar-refractivity contribution is 1.71. The van der Waals surface area contributed by atoms with E-state index in [1.54, 1.807) is 0 Å². The molecule has 0 aromatic rings. The molecule has 0 aliphatic rings. The Balaban J connectivity index is 2.85. The maximum absolute atomic E-state index is 5.38. The molecule has 0 nitrogen and oxygen atoms in total. The largest absolute Gasteiger partial charge is 0.170 e. The van der Waals surface area contributed by atoms with Gasteiger partial charge in [-0.05, 0) is 6.92 Å². The van der Waals surface area contributed by atoms with Crippen molar-refractivity contribution in [3.63, 3.8) is 0 Å². The van der Waals surface area contributed by atoms with Gasteiger partial charge in [0.15, 0.2) is 8.83 Å². The highest BCUT2D eigenvalue weighted by Crippen LogP contribution is 1.82. The second-order valence-corrected chi connectivity index (χ2v) is 3.37. The maximum Gasteiger partial charge on any atom is 0.151 e. The first-order valence-electron chi connectivity index (χ1n) is 1.47. The van der Waals surface area contributed by atoms with Crippen LogP contribution in [0.5, 0.6) is 0 Å². The van der Waals surface area contributed by atoms with E-state index in [1.807, 2.05) is 6.92 Å². The van der Waals surface area contributed by atoms with E-state index in [2.05, 4.69) is 6.58 Å². The van der Waals surface area contributed by atoms with Crippen molar-refractivity contribution in [1.82, 2.24) is 0 Å². The van der Waals surface area contributed by atoms with Crippen LogP contribution < -0.4 is 0 Å². The Kier molecular flexibility index (Phi) is 2.60. The molecule has 5 heavy (non-hydrogen) atoms. The Morgan fingerprint density at radius 2 is 2.20 bits per heavy atom. The lowest BCUT2D eigenvalue weighted by Gasteiger charge is -1.75. The number of allylic oxidation sites excluding steroid dienone is 1. The van der Waals surface area contributed by atoms with Gasteiger partial charge in [-0.1, -0.05) is 5.20 Å². The molecule has 0 heterocycles. The summed E-state index contributed by atoms with van der Waals surface area (Å²) in [4.78, 5) is 0. The van der Waals surface area contributed by atoms with Crippen molar-refractivity contribution >= 4 is 19.9 Å². The summed E-state index contributed by atoms with van der Waals surface area (Å²) in [5.41, 5.74) is 0. The molecule has 2 heteroatoms. The molecule has 0 radical (unpaired) electrons. The summed E-state index contributed by atoms with van der Waals surface area (Å²) in [6.45, 7) is 5.56. The molecular weight excluding hydrogens is 99.6 g/mol. The molecule has 0 bridgehead atoms. The van der Waals surface area contributed by atoms with Crippen LogP contribution >= 0.6 is 11.1 Å². The first kappa shape index (κ1) is 5.25. The zero-order valence-electron chi connectivity index (χ0n) is 3.29. The topological polar surface area (TPSA) is 0 Å². The van der Waals surface area contributed by atoms with E-state index in [1.165, 1.54) is 0 Å². The minimum Gasteiger partial charge on any atom is -0.170 e. The maximum atomic E-state index is 5.38. The second-order valence-electron chi connectivity index (χ2n) is 1.09. The second kappa shape index (κ2) is 2.48. The smallest absolute Gasteiger partial charge is 0.151 e. The Bertz CT molecular complexity index is 42.2. The van der Waals surface area contributed by atoms with Gasteiger partial charge in [0.05, 0.1) is 0 Å².